The van der Waals surface area contributed by atoms with Crippen molar-refractivity contribution in [3.63, 3.8) is 0 Å². The van der Waals surface area contributed by atoms with E-state index < -0.39 is 0 Å². The summed E-state index contributed by atoms with van der Waals surface area (Å²) in [7, 11) is 1.40. The third kappa shape index (κ3) is 4.88. The van der Waals surface area contributed by atoms with Crippen molar-refractivity contribution in [1.82, 2.24) is 5.32 Å². The molecule has 1 aromatic carbocycles. The standard InChI is InChI=1S/C15H23NO2/c1-11(2)9-13-5-7-14(8-6-13)12(3)16-10-15(17)18-4/h5-8,11-12,16H,9-10H2,1-4H3. The molecule has 3 nitrogen and oxygen atoms in total. The Bertz CT molecular complexity index is 371. The summed E-state index contributed by atoms with van der Waals surface area (Å²) < 4.78 is 4.60. The highest BCUT2D eigenvalue weighted by Gasteiger charge is 2.07. The van der Waals surface area contributed by atoms with Crippen LogP contribution < -0.4 is 5.32 Å². The number of benzene rings is 1. The fraction of sp³-hybridized carbons (Fsp3) is 0.533. The van der Waals surface area contributed by atoms with Gasteiger partial charge in [-0.2, -0.15) is 0 Å². The second-order valence-corrected chi connectivity index (χ2v) is 5.02. The van der Waals surface area contributed by atoms with Crippen LogP contribution in [0.3, 0.4) is 0 Å². The highest BCUT2D eigenvalue weighted by atomic mass is 16.5. The number of carbonyl (C=O) groups is 1. The van der Waals surface area contributed by atoms with Gasteiger partial charge in [-0.15, -0.1) is 0 Å². The minimum Gasteiger partial charge on any atom is -0.468 e. The zero-order valence-electron chi connectivity index (χ0n) is 11.7. The van der Waals surface area contributed by atoms with Gasteiger partial charge in [-0.25, -0.2) is 0 Å². The molecule has 0 bridgehead atoms. The molecular formula is C15H23NO2. The monoisotopic (exact) mass is 249 g/mol. The van der Waals surface area contributed by atoms with E-state index in [1.165, 1.54) is 18.2 Å². The average Bonchev–Trinajstić information content (AvgIpc) is 2.35. The largest absolute Gasteiger partial charge is 0.468 e. The Morgan fingerprint density at radius 2 is 1.83 bits per heavy atom. The van der Waals surface area contributed by atoms with Crippen molar-refractivity contribution in [1.29, 1.82) is 0 Å². The first-order chi connectivity index (χ1) is 8.52. The van der Waals surface area contributed by atoms with Gasteiger partial charge < -0.3 is 10.1 Å². The molecule has 1 unspecified atom stereocenters. The fourth-order valence-electron chi connectivity index (χ4n) is 1.84. The smallest absolute Gasteiger partial charge is 0.319 e. The first-order valence-corrected chi connectivity index (χ1v) is 6.42. The van der Waals surface area contributed by atoms with Gasteiger partial charge in [-0.1, -0.05) is 38.1 Å². The topological polar surface area (TPSA) is 38.3 Å². The summed E-state index contributed by atoms with van der Waals surface area (Å²) in [6, 6.07) is 8.70. The molecule has 100 valence electrons. The number of carbonyl (C=O) groups excluding carboxylic acids is 1. The molecule has 1 aromatic rings. The minimum absolute atomic E-state index is 0.150. The molecule has 0 aromatic heterocycles. The molecule has 3 heteroatoms. The Morgan fingerprint density at radius 3 is 2.33 bits per heavy atom. The normalized spacial score (nSPS) is 12.5. The van der Waals surface area contributed by atoms with E-state index in [0.717, 1.165) is 6.42 Å². The number of esters is 1. The molecule has 0 amide bonds. The van der Waals surface area contributed by atoms with E-state index in [1.54, 1.807) is 0 Å². The van der Waals surface area contributed by atoms with Crippen molar-refractivity contribution in [2.24, 2.45) is 5.92 Å². The highest BCUT2D eigenvalue weighted by Crippen LogP contribution is 2.15. The number of hydrogen-bond donors (Lipinski definition) is 1. The third-order valence-corrected chi connectivity index (χ3v) is 2.90. The van der Waals surface area contributed by atoms with Gasteiger partial charge in [0.25, 0.3) is 0 Å². The van der Waals surface area contributed by atoms with Crippen molar-refractivity contribution < 1.29 is 9.53 Å². The van der Waals surface area contributed by atoms with Gasteiger partial charge >= 0.3 is 5.97 Å². The van der Waals surface area contributed by atoms with Crippen LogP contribution in [-0.2, 0) is 16.0 Å². The van der Waals surface area contributed by atoms with Crippen LogP contribution in [0.2, 0.25) is 0 Å². The van der Waals surface area contributed by atoms with E-state index in [-0.39, 0.29) is 18.6 Å². The fourth-order valence-corrected chi connectivity index (χ4v) is 1.84. The maximum Gasteiger partial charge on any atom is 0.319 e. The highest BCUT2D eigenvalue weighted by molar-refractivity contribution is 5.71. The summed E-state index contributed by atoms with van der Waals surface area (Å²) in [5.74, 6) is 0.434. The molecular weight excluding hydrogens is 226 g/mol. The predicted octanol–water partition coefficient (Wildman–Crippen LogP) is 2.71. The first kappa shape index (κ1) is 14.7. The number of rotatable bonds is 6. The van der Waals surface area contributed by atoms with E-state index in [2.05, 4.69) is 48.2 Å². The SMILES string of the molecule is COC(=O)CNC(C)c1ccc(CC(C)C)cc1. The quantitative estimate of drug-likeness (QED) is 0.788. The number of nitrogens with one attached hydrogen (secondary N) is 1. The van der Waals surface area contributed by atoms with Gasteiger partial charge in [0.2, 0.25) is 0 Å². The molecule has 0 saturated carbocycles. The zero-order chi connectivity index (χ0) is 13.5. The molecule has 1 atom stereocenters. The summed E-state index contributed by atoms with van der Waals surface area (Å²) in [4.78, 5) is 11.0. The lowest BCUT2D eigenvalue weighted by molar-refractivity contribution is -0.139. The number of hydrogen-bond acceptors (Lipinski definition) is 3. The summed E-state index contributed by atoms with van der Waals surface area (Å²) in [5.41, 5.74) is 2.54. The van der Waals surface area contributed by atoms with E-state index in [1.807, 2.05) is 6.92 Å². The van der Waals surface area contributed by atoms with Gasteiger partial charge in [0, 0.05) is 6.04 Å². The Morgan fingerprint density at radius 1 is 1.22 bits per heavy atom. The lowest BCUT2D eigenvalue weighted by atomic mass is 10.00. The molecule has 1 N–H and O–H groups in total. The minimum atomic E-state index is -0.238. The Kier molecular flexibility index (Phi) is 5.86. The van der Waals surface area contributed by atoms with Gasteiger partial charge in [-0.3, -0.25) is 4.79 Å². The average molecular weight is 249 g/mol. The molecule has 0 aliphatic heterocycles. The second-order valence-electron chi connectivity index (χ2n) is 5.02. The van der Waals surface area contributed by atoms with Gasteiger partial charge in [-0.05, 0) is 30.4 Å². The number of methoxy groups -OCH3 is 1. The van der Waals surface area contributed by atoms with Crippen molar-refractivity contribution in [2.75, 3.05) is 13.7 Å². The molecule has 1 rings (SSSR count). The lowest BCUT2D eigenvalue weighted by Gasteiger charge is -2.14. The molecule has 18 heavy (non-hydrogen) atoms. The first-order valence-electron chi connectivity index (χ1n) is 6.42. The van der Waals surface area contributed by atoms with E-state index in [9.17, 15) is 4.79 Å². The Labute approximate surface area is 110 Å². The van der Waals surface area contributed by atoms with Gasteiger partial charge in [0.1, 0.15) is 0 Å². The lowest BCUT2D eigenvalue weighted by Crippen LogP contribution is -2.26. The van der Waals surface area contributed by atoms with Crippen LogP contribution >= 0.6 is 0 Å². The van der Waals surface area contributed by atoms with Crippen molar-refractivity contribution in [2.45, 2.75) is 33.2 Å². The Balaban J connectivity index is 2.53. The van der Waals surface area contributed by atoms with Crippen LogP contribution in [0.15, 0.2) is 24.3 Å². The zero-order valence-corrected chi connectivity index (χ0v) is 11.7. The maximum absolute atomic E-state index is 11.0. The van der Waals surface area contributed by atoms with E-state index in [0.29, 0.717) is 5.92 Å². The van der Waals surface area contributed by atoms with Crippen molar-refractivity contribution >= 4 is 5.97 Å². The second kappa shape index (κ2) is 7.17. The van der Waals surface area contributed by atoms with Crippen LogP contribution in [0, 0.1) is 5.92 Å². The van der Waals surface area contributed by atoms with E-state index in [4.69, 9.17) is 0 Å². The van der Waals surface area contributed by atoms with Crippen LogP contribution in [0.5, 0.6) is 0 Å². The molecule has 0 aliphatic carbocycles. The van der Waals surface area contributed by atoms with Crippen LogP contribution in [0.1, 0.15) is 37.9 Å². The molecule has 0 radical (unpaired) electrons. The van der Waals surface area contributed by atoms with Crippen molar-refractivity contribution in [3.8, 4) is 0 Å². The van der Waals surface area contributed by atoms with Crippen LogP contribution in [-0.4, -0.2) is 19.6 Å². The predicted molar refractivity (Wildman–Crippen MR) is 73.4 cm³/mol. The van der Waals surface area contributed by atoms with Gasteiger partial charge in [0.15, 0.2) is 0 Å². The summed E-state index contributed by atoms with van der Waals surface area (Å²) >= 11 is 0. The molecule has 0 saturated heterocycles. The van der Waals surface area contributed by atoms with Crippen LogP contribution in [0.4, 0.5) is 0 Å². The van der Waals surface area contributed by atoms with Gasteiger partial charge in [0.05, 0.1) is 13.7 Å². The third-order valence-electron chi connectivity index (χ3n) is 2.90. The number of ether oxygens (including phenoxy) is 1. The summed E-state index contributed by atoms with van der Waals surface area (Å²) in [6.45, 7) is 6.72. The molecule has 0 fully saturated rings. The van der Waals surface area contributed by atoms with Crippen molar-refractivity contribution in [3.05, 3.63) is 35.4 Å². The van der Waals surface area contributed by atoms with E-state index >= 15 is 0 Å². The summed E-state index contributed by atoms with van der Waals surface area (Å²) in [6.07, 6.45) is 1.10. The maximum atomic E-state index is 11.0. The van der Waals surface area contributed by atoms with Crippen LogP contribution in [0.25, 0.3) is 0 Å². The molecule has 0 aliphatic rings. The molecule has 0 spiro atoms. The molecule has 0 heterocycles. The Hall–Kier alpha value is -1.35. The summed E-state index contributed by atoms with van der Waals surface area (Å²) in [5, 5.41) is 3.14.